The quantitative estimate of drug-likeness (QED) is 0.129. The molecule has 0 saturated carbocycles. The van der Waals surface area contributed by atoms with E-state index in [1.54, 1.807) is 0 Å². The number of fused-ring (bicyclic) bond motifs is 2. The molecule has 0 amide bonds. The van der Waals surface area contributed by atoms with Crippen LogP contribution in [0.5, 0.6) is 5.75 Å². The van der Waals surface area contributed by atoms with Crippen molar-refractivity contribution in [2.75, 3.05) is 0 Å². The van der Waals surface area contributed by atoms with Gasteiger partial charge in [0, 0.05) is 28.6 Å². The molecule has 15 heteroatoms. The molecule has 0 spiro atoms. The number of nitrogens with zero attached hydrogens (tertiary/aromatic N) is 2. The third-order valence-corrected chi connectivity index (χ3v) is 6.35. The van der Waals surface area contributed by atoms with Crippen LogP contribution >= 0.6 is 31.9 Å². The average molecular weight is 626 g/mol. The Morgan fingerprint density at radius 3 is 2.11 bits per heavy atom. The first-order valence-electron chi connectivity index (χ1n) is 8.80. The number of aromatic carboxylic acids is 1. The minimum Gasteiger partial charge on any atom is -0.501 e. The Balaban J connectivity index is 0.00000216. The molecule has 0 atom stereocenters. The van der Waals surface area contributed by atoms with E-state index in [0.717, 1.165) is 12.1 Å². The summed E-state index contributed by atoms with van der Waals surface area (Å²) in [4.78, 5) is 45.6. The average Bonchev–Trinajstić information content (AvgIpc) is 2.77. The second-order valence-corrected chi connectivity index (χ2v) is 8.28. The Bertz CT molecular complexity index is 1570. The van der Waals surface area contributed by atoms with E-state index in [-0.39, 0.29) is 107 Å². The third-order valence-electron chi connectivity index (χ3n) is 4.90. The number of rotatable bonds is 4. The zero-order chi connectivity index (χ0) is 24.2. The van der Waals surface area contributed by atoms with E-state index in [2.05, 4.69) is 31.9 Å². The van der Waals surface area contributed by atoms with Crippen molar-refractivity contribution in [2.45, 2.75) is 0 Å². The van der Waals surface area contributed by atoms with E-state index in [1.165, 1.54) is 24.3 Å². The van der Waals surface area contributed by atoms with Crippen molar-refractivity contribution in [1.82, 2.24) is 0 Å². The van der Waals surface area contributed by atoms with Gasteiger partial charge in [-0.25, -0.2) is 4.79 Å². The summed E-state index contributed by atoms with van der Waals surface area (Å²) < 4.78 is 5.22. The molecule has 1 aliphatic carbocycles. The van der Waals surface area contributed by atoms with Crippen molar-refractivity contribution in [1.29, 1.82) is 0 Å². The topological polar surface area (TPSA) is 174 Å². The number of non-ortho nitro benzene ring substituents is 1. The minimum atomic E-state index is -1.32. The monoisotopic (exact) mass is 624 g/mol. The smallest absolute Gasteiger partial charge is 0.501 e. The van der Waals surface area contributed by atoms with Gasteiger partial charge in [-0.05, 0) is 43.5 Å². The minimum absolute atomic E-state index is 0. The van der Waals surface area contributed by atoms with Crippen LogP contribution in [0.4, 0.5) is 11.4 Å². The maximum atomic E-state index is 12.5. The Morgan fingerprint density at radius 1 is 0.943 bits per heavy atom. The zero-order valence-electron chi connectivity index (χ0n) is 17.9. The molecule has 2 aromatic rings. The van der Waals surface area contributed by atoms with Gasteiger partial charge in [-0.2, -0.15) is 0 Å². The molecule has 0 aromatic heterocycles. The van der Waals surface area contributed by atoms with Crippen LogP contribution < -0.4 is 64.5 Å². The molecule has 2 aromatic carbocycles. The van der Waals surface area contributed by atoms with Crippen LogP contribution in [-0.2, 0) is 0 Å². The Morgan fingerprint density at radius 2 is 1.54 bits per heavy atom. The molecule has 0 bridgehead atoms. The number of nitro benzene ring substituents is 2. The molecular weight excluding hydrogens is 618 g/mol. The number of carbonyl (C=O) groups is 1. The second kappa shape index (κ2) is 11.0. The SMILES string of the molecule is O=C(O)c1ccccc1-c1c2cc([N+](=O)[O-])c(=O)c(Br)c-2oc2c(Br)c(O)c([N+](=O)[O-])cc12.[Na+].[Na+]. The molecule has 2 N–H and O–H groups in total. The molecule has 0 unspecified atom stereocenters. The Labute approximate surface area is 255 Å². The number of aromatic hydroxyl groups is 1. The van der Waals surface area contributed by atoms with E-state index >= 15 is 0 Å². The summed E-state index contributed by atoms with van der Waals surface area (Å²) in [6, 6.07) is 7.56. The van der Waals surface area contributed by atoms with Gasteiger partial charge in [0.2, 0.25) is 5.75 Å². The zero-order valence-corrected chi connectivity index (χ0v) is 25.0. The first-order chi connectivity index (χ1) is 15.5. The van der Waals surface area contributed by atoms with E-state index in [4.69, 9.17) is 4.42 Å². The van der Waals surface area contributed by atoms with Gasteiger partial charge >= 0.3 is 76.5 Å². The molecular formula is C20H8Br2N2Na2O9+2. The van der Waals surface area contributed by atoms with Crippen molar-refractivity contribution in [2.24, 2.45) is 0 Å². The van der Waals surface area contributed by atoms with Crippen LogP contribution in [0.15, 0.2) is 54.6 Å². The van der Waals surface area contributed by atoms with E-state index in [1.807, 2.05) is 0 Å². The Kier molecular flexibility index (Phi) is 9.28. The number of phenolic OH excluding ortho intramolecular Hbond substituents is 1. The fourth-order valence-electron chi connectivity index (χ4n) is 3.48. The van der Waals surface area contributed by atoms with Crippen LogP contribution in [-0.4, -0.2) is 26.0 Å². The number of carboxylic acid groups (broad SMARTS) is 1. The van der Waals surface area contributed by atoms with Crippen LogP contribution in [0.1, 0.15) is 10.4 Å². The standard InChI is InChI=1S/C20H8Br2N2O9.2Na/c21-14-16(25)11(23(29)30)5-9-13(7-3-1-2-4-8(7)20(27)28)10-6-12(24(31)32)17(26)15(22)19(10)33-18(9)14;;/h1-6,25H,(H,27,28);;/q;2*+1. The van der Waals surface area contributed by atoms with Crippen LogP contribution in [0.2, 0.25) is 0 Å². The number of halogens is 2. The summed E-state index contributed by atoms with van der Waals surface area (Å²) in [6.07, 6.45) is 0. The van der Waals surface area contributed by atoms with Crippen molar-refractivity contribution in [3.63, 3.8) is 0 Å². The molecule has 1 aliphatic heterocycles. The van der Waals surface area contributed by atoms with Gasteiger partial charge in [0.1, 0.15) is 8.95 Å². The predicted octanol–water partition coefficient (Wildman–Crippen LogP) is -0.682. The molecule has 166 valence electrons. The first kappa shape index (κ1) is 29.4. The number of nitro groups is 2. The van der Waals surface area contributed by atoms with E-state index < -0.39 is 38.4 Å². The molecule has 4 rings (SSSR count). The molecule has 2 aliphatic rings. The fraction of sp³-hybridized carbons (Fsp3) is 0. The molecule has 0 radical (unpaired) electrons. The molecule has 35 heavy (non-hydrogen) atoms. The van der Waals surface area contributed by atoms with Gasteiger partial charge in [0.15, 0.2) is 11.3 Å². The van der Waals surface area contributed by atoms with Gasteiger partial charge in [0.05, 0.1) is 15.4 Å². The summed E-state index contributed by atoms with van der Waals surface area (Å²) in [6.45, 7) is 0. The summed E-state index contributed by atoms with van der Waals surface area (Å²) in [5, 5.41) is 42.9. The summed E-state index contributed by atoms with van der Waals surface area (Å²) in [5.74, 6) is -2.26. The van der Waals surface area contributed by atoms with Gasteiger partial charge in [-0.15, -0.1) is 0 Å². The number of hydrogen-bond donors (Lipinski definition) is 2. The maximum Gasteiger partial charge on any atom is 1.00 e. The van der Waals surface area contributed by atoms with E-state index in [0.29, 0.717) is 0 Å². The van der Waals surface area contributed by atoms with Gasteiger partial charge in [-0.3, -0.25) is 25.0 Å². The molecule has 0 fully saturated rings. The third kappa shape index (κ3) is 4.91. The van der Waals surface area contributed by atoms with Gasteiger partial charge in [-0.1, -0.05) is 18.2 Å². The number of phenols is 1. The van der Waals surface area contributed by atoms with E-state index in [9.17, 15) is 40.0 Å². The fourth-order valence-corrected chi connectivity index (χ4v) is 4.48. The predicted molar refractivity (Wildman–Crippen MR) is 122 cm³/mol. The van der Waals surface area contributed by atoms with Crippen molar-refractivity contribution < 1.29 is 88.4 Å². The normalized spacial score (nSPS) is 10.5. The maximum absolute atomic E-state index is 12.5. The summed E-state index contributed by atoms with van der Waals surface area (Å²) in [7, 11) is 0. The van der Waals surface area contributed by atoms with Crippen LogP contribution in [0.3, 0.4) is 0 Å². The largest absolute Gasteiger partial charge is 1.00 e. The Hall–Kier alpha value is -1.84. The molecule has 1 heterocycles. The van der Waals surface area contributed by atoms with Crippen LogP contribution in [0, 0.1) is 20.2 Å². The molecule has 0 saturated heterocycles. The molecule has 11 nitrogen and oxygen atoms in total. The summed E-state index contributed by atoms with van der Waals surface area (Å²) in [5.41, 5.74) is -2.83. The van der Waals surface area contributed by atoms with Gasteiger partial charge < -0.3 is 14.6 Å². The number of benzene rings is 3. The van der Waals surface area contributed by atoms with Gasteiger partial charge in [0.25, 0.3) is 5.43 Å². The second-order valence-electron chi connectivity index (χ2n) is 6.69. The number of hydrogen-bond acceptors (Lipinski definition) is 8. The number of carboxylic acids is 1. The van der Waals surface area contributed by atoms with Crippen LogP contribution in [0.25, 0.3) is 33.4 Å². The van der Waals surface area contributed by atoms with Crippen molar-refractivity contribution >= 4 is 60.2 Å². The van der Waals surface area contributed by atoms with Crippen molar-refractivity contribution in [3.05, 3.63) is 81.4 Å². The first-order valence-corrected chi connectivity index (χ1v) is 10.4. The van der Waals surface area contributed by atoms with Crippen molar-refractivity contribution in [3.8, 4) is 28.2 Å². The summed E-state index contributed by atoms with van der Waals surface area (Å²) >= 11 is 6.06.